The largest absolute Gasteiger partial charge is 0.313 e. The monoisotopic (exact) mass is 220 g/mol. The molecule has 0 aliphatic heterocycles. The Kier molecular flexibility index (Phi) is 3.26. The number of pyridine rings is 1. The third-order valence-electron chi connectivity index (χ3n) is 2.24. The molecule has 0 saturated carbocycles. The fourth-order valence-electron chi connectivity index (χ4n) is 1.42. The van der Waals surface area contributed by atoms with Gasteiger partial charge in [0.15, 0.2) is 11.6 Å². The van der Waals surface area contributed by atoms with E-state index in [0.29, 0.717) is 12.1 Å². The van der Waals surface area contributed by atoms with E-state index in [1.54, 1.807) is 30.7 Å². The average molecular weight is 220 g/mol. The third kappa shape index (κ3) is 2.09. The van der Waals surface area contributed by atoms with Crippen LogP contribution in [0.3, 0.4) is 0 Å². The van der Waals surface area contributed by atoms with Crippen LogP contribution in [0.2, 0.25) is 0 Å². The molecule has 0 bridgehead atoms. The number of hydrogen-bond acceptors (Lipinski definition) is 3. The van der Waals surface area contributed by atoms with Gasteiger partial charge in [0.1, 0.15) is 0 Å². The van der Waals surface area contributed by atoms with Crippen LogP contribution in [-0.4, -0.2) is 21.3 Å². The molecule has 5 heteroatoms. The van der Waals surface area contributed by atoms with Gasteiger partial charge in [0, 0.05) is 30.7 Å². The summed E-state index contributed by atoms with van der Waals surface area (Å²) < 4.78 is 15.4. The topological polar surface area (TPSA) is 42.7 Å². The first-order valence-corrected chi connectivity index (χ1v) is 5.17. The molecule has 0 atom stereocenters. The van der Waals surface area contributed by atoms with Crippen molar-refractivity contribution < 1.29 is 4.39 Å². The molecule has 0 aromatic carbocycles. The second-order valence-corrected chi connectivity index (χ2v) is 3.34. The molecular formula is C11H13FN4. The van der Waals surface area contributed by atoms with Crippen molar-refractivity contribution in [1.82, 2.24) is 20.1 Å². The number of halogens is 1. The average Bonchev–Trinajstić information content (AvgIpc) is 2.81. The maximum atomic E-state index is 14.0. The van der Waals surface area contributed by atoms with Crippen molar-refractivity contribution in [2.24, 2.45) is 0 Å². The summed E-state index contributed by atoms with van der Waals surface area (Å²) in [5.41, 5.74) is 0.599. The molecule has 2 aromatic rings. The van der Waals surface area contributed by atoms with E-state index in [1.807, 2.05) is 6.92 Å². The molecule has 16 heavy (non-hydrogen) atoms. The quantitative estimate of drug-likeness (QED) is 0.849. The maximum Gasteiger partial charge on any atom is 0.189 e. The number of rotatable bonds is 4. The lowest BCUT2D eigenvalue weighted by Gasteiger charge is -2.07. The molecule has 1 N–H and O–H groups in total. The number of nitrogens with zero attached hydrogens (tertiary/aromatic N) is 3. The predicted molar refractivity (Wildman–Crippen MR) is 58.7 cm³/mol. The molecule has 0 aliphatic carbocycles. The first kappa shape index (κ1) is 10.8. The molecule has 0 radical (unpaired) electrons. The van der Waals surface area contributed by atoms with Crippen molar-refractivity contribution in [1.29, 1.82) is 0 Å². The first-order chi connectivity index (χ1) is 7.83. The van der Waals surface area contributed by atoms with Gasteiger partial charge in [-0.05, 0) is 18.7 Å². The van der Waals surface area contributed by atoms with Crippen LogP contribution < -0.4 is 5.32 Å². The van der Waals surface area contributed by atoms with Crippen molar-refractivity contribution in [3.8, 4) is 5.82 Å². The van der Waals surface area contributed by atoms with Crippen molar-refractivity contribution in [3.63, 3.8) is 0 Å². The lowest BCUT2D eigenvalue weighted by Crippen LogP contribution is -2.14. The van der Waals surface area contributed by atoms with Crippen LogP contribution in [0.25, 0.3) is 5.82 Å². The van der Waals surface area contributed by atoms with E-state index in [1.165, 1.54) is 4.68 Å². The van der Waals surface area contributed by atoms with Crippen LogP contribution in [-0.2, 0) is 6.54 Å². The third-order valence-corrected chi connectivity index (χ3v) is 2.24. The Labute approximate surface area is 93.1 Å². The van der Waals surface area contributed by atoms with Crippen LogP contribution in [0.15, 0.2) is 30.7 Å². The van der Waals surface area contributed by atoms with Gasteiger partial charge in [0.05, 0.1) is 0 Å². The smallest absolute Gasteiger partial charge is 0.189 e. The fourth-order valence-corrected chi connectivity index (χ4v) is 1.42. The van der Waals surface area contributed by atoms with Gasteiger partial charge in [-0.2, -0.15) is 5.10 Å². The van der Waals surface area contributed by atoms with Crippen molar-refractivity contribution in [2.75, 3.05) is 6.54 Å². The summed E-state index contributed by atoms with van der Waals surface area (Å²) in [6, 6.07) is 3.41. The standard InChI is InChI=1S/C11H13FN4/c1-2-13-8-9-4-6-14-11(10(9)12)16-7-3-5-15-16/h3-7,13H,2,8H2,1H3. The minimum atomic E-state index is -0.327. The highest BCUT2D eigenvalue weighted by molar-refractivity contribution is 5.29. The van der Waals surface area contributed by atoms with E-state index >= 15 is 0 Å². The minimum Gasteiger partial charge on any atom is -0.313 e. The molecule has 0 amide bonds. The van der Waals surface area contributed by atoms with E-state index in [0.717, 1.165) is 6.54 Å². The van der Waals surface area contributed by atoms with E-state index in [2.05, 4.69) is 15.4 Å². The van der Waals surface area contributed by atoms with Crippen molar-refractivity contribution >= 4 is 0 Å². The fraction of sp³-hybridized carbons (Fsp3) is 0.273. The normalized spacial score (nSPS) is 10.6. The zero-order chi connectivity index (χ0) is 11.4. The maximum absolute atomic E-state index is 14.0. The van der Waals surface area contributed by atoms with Crippen LogP contribution in [0.4, 0.5) is 4.39 Å². The Morgan fingerprint density at radius 2 is 2.31 bits per heavy atom. The van der Waals surface area contributed by atoms with Crippen LogP contribution in [0, 0.1) is 5.82 Å². The van der Waals surface area contributed by atoms with Gasteiger partial charge >= 0.3 is 0 Å². The van der Waals surface area contributed by atoms with Crippen molar-refractivity contribution in [2.45, 2.75) is 13.5 Å². The second kappa shape index (κ2) is 4.85. The van der Waals surface area contributed by atoms with Crippen LogP contribution >= 0.6 is 0 Å². The first-order valence-electron chi connectivity index (χ1n) is 5.17. The van der Waals surface area contributed by atoms with Gasteiger partial charge in [-0.25, -0.2) is 14.1 Å². The van der Waals surface area contributed by atoms with E-state index in [9.17, 15) is 4.39 Å². The Balaban J connectivity index is 2.33. The molecule has 0 aliphatic rings. The predicted octanol–water partition coefficient (Wildman–Crippen LogP) is 1.52. The SMILES string of the molecule is CCNCc1ccnc(-n2cccn2)c1F. The van der Waals surface area contributed by atoms with E-state index < -0.39 is 0 Å². The molecule has 0 saturated heterocycles. The van der Waals surface area contributed by atoms with Gasteiger partial charge in [-0.3, -0.25) is 0 Å². The van der Waals surface area contributed by atoms with E-state index in [-0.39, 0.29) is 11.6 Å². The van der Waals surface area contributed by atoms with Gasteiger partial charge in [0.25, 0.3) is 0 Å². The molecule has 84 valence electrons. The minimum absolute atomic E-state index is 0.236. The summed E-state index contributed by atoms with van der Waals surface area (Å²) in [4.78, 5) is 3.99. The van der Waals surface area contributed by atoms with Crippen molar-refractivity contribution in [3.05, 3.63) is 42.1 Å². The zero-order valence-electron chi connectivity index (χ0n) is 9.02. The molecular weight excluding hydrogens is 207 g/mol. The van der Waals surface area contributed by atoms with Crippen LogP contribution in [0.5, 0.6) is 0 Å². The summed E-state index contributed by atoms with van der Waals surface area (Å²) in [5, 5.41) is 7.04. The molecule has 0 unspecified atom stereocenters. The molecule has 0 fully saturated rings. The molecule has 2 aromatic heterocycles. The lowest BCUT2D eigenvalue weighted by molar-refractivity contribution is 0.571. The Morgan fingerprint density at radius 3 is 3.00 bits per heavy atom. The summed E-state index contributed by atoms with van der Waals surface area (Å²) in [6.07, 6.45) is 4.85. The number of nitrogens with one attached hydrogen (secondary N) is 1. The summed E-state index contributed by atoms with van der Waals surface area (Å²) >= 11 is 0. The van der Waals surface area contributed by atoms with Gasteiger partial charge in [0.2, 0.25) is 0 Å². The Hall–Kier alpha value is -1.75. The van der Waals surface area contributed by atoms with E-state index in [4.69, 9.17) is 0 Å². The Morgan fingerprint density at radius 1 is 1.44 bits per heavy atom. The lowest BCUT2D eigenvalue weighted by atomic mass is 10.2. The van der Waals surface area contributed by atoms with Gasteiger partial charge in [-0.1, -0.05) is 6.92 Å². The Bertz CT molecular complexity index is 453. The summed E-state index contributed by atoms with van der Waals surface area (Å²) in [5.74, 6) is -0.0902. The number of aromatic nitrogens is 3. The number of hydrogen-bond donors (Lipinski definition) is 1. The highest BCUT2D eigenvalue weighted by Crippen LogP contribution is 2.13. The summed E-state index contributed by atoms with van der Waals surface area (Å²) in [7, 11) is 0. The van der Waals surface area contributed by atoms with Crippen LogP contribution in [0.1, 0.15) is 12.5 Å². The highest BCUT2D eigenvalue weighted by atomic mass is 19.1. The molecule has 2 heterocycles. The second-order valence-electron chi connectivity index (χ2n) is 3.34. The zero-order valence-corrected chi connectivity index (χ0v) is 9.02. The molecule has 0 spiro atoms. The highest BCUT2D eigenvalue weighted by Gasteiger charge is 2.10. The van der Waals surface area contributed by atoms with Gasteiger partial charge < -0.3 is 5.32 Å². The summed E-state index contributed by atoms with van der Waals surface area (Å²) in [6.45, 7) is 3.28. The molecule has 4 nitrogen and oxygen atoms in total. The molecule has 2 rings (SSSR count). The van der Waals surface area contributed by atoms with Gasteiger partial charge in [-0.15, -0.1) is 0 Å².